The number of likely N-dealkylation sites (tertiary alicyclic amines) is 1. The van der Waals surface area contributed by atoms with Crippen molar-refractivity contribution in [3.8, 4) is 0 Å². The molecule has 6 nitrogen and oxygen atoms in total. The summed E-state index contributed by atoms with van der Waals surface area (Å²) in [6, 6.07) is 20.0. The molecular weight excluding hydrogens is 429 g/mol. The Labute approximate surface area is 197 Å². The third-order valence-electron chi connectivity index (χ3n) is 6.33. The number of aromatic amines is 1. The Bertz CT molecular complexity index is 1360. The molecule has 3 aromatic carbocycles. The van der Waals surface area contributed by atoms with Gasteiger partial charge in [0.1, 0.15) is 11.6 Å². The number of carbonyl (C=O) groups is 1. The number of aromatic nitrogens is 2. The molecule has 1 fully saturated rings. The van der Waals surface area contributed by atoms with Crippen LogP contribution in [-0.2, 0) is 4.79 Å². The Morgan fingerprint density at radius 3 is 2.68 bits per heavy atom. The number of halogens is 1. The van der Waals surface area contributed by atoms with Gasteiger partial charge in [0.2, 0.25) is 5.91 Å². The first kappa shape index (κ1) is 21.9. The Morgan fingerprint density at radius 2 is 1.88 bits per heavy atom. The van der Waals surface area contributed by atoms with Crippen molar-refractivity contribution in [3.63, 3.8) is 0 Å². The maximum atomic E-state index is 13.6. The summed E-state index contributed by atoms with van der Waals surface area (Å²) in [4.78, 5) is 22.6. The van der Waals surface area contributed by atoms with E-state index in [1.54, 1.807) is 24.3 Å². The number of para-hydroxylation sites is 2. The SMILES string of the molecule is CN1CC(c2ccc(C=CC(=O)Nc3ccccc3N)cc2)C(c2nc3ccc(F)cc3[nH]2)C1. The van der Waals surface area contributed by atoms with E-state index in [0.717, 1.165) is 35.5 Å². The van der Waals surface area contributed by atoms with E-state index < -0.39 is 0 Å². The van der Waals surface area contributed by atoms with Gasteiger partial charge in [0, 0.05) is 31.0 Å². The van der Waals surface area contributed by atoms with Crippen molar-refractivity contribution in [1.82, 2.24) is 14.9 Å². The number of anilines is 2. The first-order chi connectivity index (χ1) is 16.5. The van der Waals surface area contributed by atoms with Crippen molar-refractivity contribution < 1.29 is 9.18 Å². The smallest absolute Gasteiger partial charge is 0.248 e. The molecule has 172 valence electrons. The summed E-state index contributed by atoms with van der Waals surface area (Å²) in [6.07, 6.45) is 3.28. The third kappa shape index (κ3) is 4.56. The molecule has 1 aliphatic rings. The molecule has 2 atom stereocenters. The lowest BCUT2D eigenvalue weighted by molar-refractivity contribution is -0.111. The average molecular weight is 456 g/mol. The van der Waals surface area contributed by atoms with Crippen molar-refractivity contribution >= 4 is 34.4 Å². The molecule has 0 saturated carbocycles. The summed E-state index contributed by atoms with van der Waals surface area (Å²) < 4.78 is 13.6. The topological polar surface area (TPSA) is 87.0 Å². The van der Waals surface area contributed by atoms with E-state index in [1.807, 2.05) is 24.3 Å². The standard InChI is InChI=1S/C27H26FN5O/c1-33-15-20(21(16-33)27-31-24-12-11-19(28)14-25(24)32-27)18-9-6-17(7-10-18)8-13-26(34)30-23-5-3-2-4-22(23)29/h2-14,20-21H,15-16,29H2,1H3,(H,30,34)(H,31,32). The number of fused-ring (bicyclic) bond motifs is 1. The highest BCUT2D eigenvalue weighted by molar-refractivity contribution is 6.03. The molecule has 34 heavy (non-hydrogen) atoms. The summed E-state index contributed by atoms with van der Waals surface area (Å²) in [5, 5.41) is 2.79. The first-order valence-corrected chi connectivity index (χ1v) is 11.2. The van der Waals surface area contributed by atoms with Crippen molar-refractivity contribution in [2.45, 2.75) is 11.8 Å². The van der Waals surface area contributed by atoms with Crippen LogP contribution in [0.15, 0.2) is 72.8 Å². The molecule has 0 aliphatic carbocycles. The lowest BCUT2D eigenvalue weighted by atomic mass is 9.88. The number of amides is 1. The fraction of sp³-hybridized carbons (Fsp3) is 0.185. The molecule has 2 heterocycles. The van der Waals surface area contributed by atoms with Crippen LogP contribution >= 0.6 is 0 Å². The molecule has 0 bridgehead atoms. The average Bonchev–Trinajstić information content (AvgIpc) is 3.42. The van der Waals surface area contributed by atoms with Gasteiger partial charge in [-0.3, -0.25) is 4.79 Å². The second-order valence-corrected chi connectivity index (χ2v) is 8.79. The normalized spacial score (nSPS) is 18.6. The van der Waals surface area contributed by atoms with Gasteiger partial charge in [-0.05, 0) is 54.6 Å². The van der Waals surface area contributed by atoms with E-state index in [1.165, 1.54) is 23.8 Å². The fourth-order valence-corrected chi connectivity index (χ4v) is 4.60. The Hall–Kier alpha value is -3.97. The predicted octanol–water partition coefficient (Wildman–Crippen LogP) is 4.75. The molecule has 1 saturated heterocycles. The Balaban J connectivity index is 1.31. The summed E-state index contributed by atoms with van der Waals surface area (Å²) in [7, 11) is 2.10. The van der Waals surface area contributed by atoms with Crippen molar-refractivity contribution in [2.75, 3.05) is 31.2 Å². The van der Waals surface area contributed by atoms with Crippen molar-refractivity contribution in [3.05, 3.63) is 95.6 Å². The zero-order valence-electron chi connectivity index (χ0n) is 18.8. The van der Waals surface area contributed by atoms with Gasteiger partial charge in [0.25, 0.3) is 0 Å². The van der Waals surface area contributed by atoms with Crippen LogP contribution < -0.4 is 11.1 Å². The van der Waals surface area contributed by atoms with E-state index in [9.17, 15) is 9.18 Å². The number of benzene rings is 3. The molecule has 7 heteroatoms. The zero-order valence-corrected chi connectivity index (χ0v) is 18.8. The minimum atomic E-state index is -0.271. The summed E-state index contributed by atoms with van der Waals surface area (Å²) in [5.41, 5.74) is 10.6. The lowest BCUT2D eigenvalue weighted by Gasteiger charge is -2.17. The van der Waals surface area contributed by atoms with Crippen LogP contribution in [0.25, 0.3) is 17.1 Å². The van der Waals surface area contributed by atoms with Crippen molar-refractivity contribution in [1.29, 1.82) is 0 Å². The van der Waals surface area contributed by atoms with Crippen LogP contribution in [-0.4, -0.2) is 40.9 Å². The van der Waals surface area contributed by atoms with Crippen LogP contribution in [0.1, 0.15) is 28.8 Å². The number of nitrogens with two attached hydrogens (primary N) is 1. The van der Waals surface area contributed by atoms with Crippen LogP contribution in [0, 0.1) is 5.82 Å². The van der Waals surface area contributed by atoms with Gasteiger partial charge in [0.05, 0.1) is 22.4 Å². The number of hydrogen-bond acceptors (Lipinski definition) is 4. The van der Waals surface area contributed by atoms with Crippen LogP contribution in [0.3, 0.4) is 0 Å². The number of nitrogens with zero attached hydrogens (tertiary/aromatic N) is 2. The Kier molecular flexibility index (Phi) is 5.86. The molecule has 1 aliphatic heterocycles. The molecule has 2 unspecified atom stereocenters. The predicted molar refractivity (Wildman–Crippen MR) is 134 cm³/mol. The highest BCUT2D eigenvalue weighted by Crippen LogP contribution is 2.38. The highest BCUT2D eigenvalue weighted by Gasteiger charge is 2.35. The fourth-order valence-electron chi connectivity index (χ4n) is 4.60. The largest absolute Gasteiger partial charge is 0.397 e. The second kappa shape index (κ2) is 9.11. The van der Waals surface area contributed by atoms with E-state index >= 15 is 0 Å². The van der Waals surface area contributed by atoms with E-state index in [-0.39, 0.29) is 23.6 Å². The van der Waals surface area contributed by atoms with Crippen LogP contribution in [0.2, 0.25) is 0 Å². The quantitative estimate of drug-likeness (QED) is 0.299. The van der Waals surface area contributed by atoms with E-state index in [2.05, 4.69) is 34.4 Å². The Morgan fingerprint density at radius 1 is 1.12 bits per heavy atom. The minimum absolute atomic E-state index is 0.184. The zero-order chi connectivity index (χ0) is 23.7. The van der Waals surface area contributed by atoms with Gasteiger partial charge < -0.3 is 20.9 Å². The number of H-pyrrole nitrogens is 1. The number of nitrogen functional groups attached to an aromatic ring is 1. The van der Waals surface area contributed by atoms with Gasteiger partial charge in [-0.2, -0.15) is 0 Å². The van der Waals surface area contributed by atoms with Gasteiger partial charge >= 0.3 is 0 Å². The summed E-state index contributed by atoms with van der Waals surface area (Å²) >= 11 is 0. The molecule has 4 N–H and O–H groups in total. The van der Waals surface area contributed by atoms with Gasteiger partial charge in [-0.1, -0.05) is 36.4 Å². The number of rotatable bonds is 5. The molecule has 5 rings (SSSR count). The van der Waals surface area contributed by atoms with E-state index in [4.69, 9.17) is 10.7 Å². The molecule has 0 radical (unpaired) electrons. The molecule has 1 aromatic heterocycles. The van der Waals surface area contributed by atoms with E-state index in [0.29, 0.717) is 11.4 Å². The maximum absolute atomic E-state index is 13.6. The second-order valence-electron chi connectivity index (χ2n) is 8.79. The molecular formula is C27H26FN5O. The van der Waals surface area contributed by atoms with Crippen LogP contribution in [0.4, 0.5) is 15.8 Å². The maximum Gasteiger partial charge on any atom is 0.248 e. The number of imidazole rings is 1. The number of hydrogen-bond donors (Lipinski definition) is 3. The number of nitrogens with one attached hydrogen (secondary N) is 2. The molecule has 1 amide bonds. The van der Waals surface area contributed by atoms with Gasteiger partial charge in [-0.15, -0.1) is 0 Å². The monoisotopic (exact) mass is 455 g/mol. The highest BCUT2D eigenvalue weighted by atomic mass is 19.1. The molecule has 4 aromatic rings. The van der Waals surface area contributed by atoms with Gasteiger partial charge in [-0.25, -0.2) is 9.37 Å². The minimum Gasteiger partial charge on any atom is -0.397 e. The number of carbonyl (C=O) groups excluding carboxylic acids is 1. The third-order valence-corrected chi connectivity index (χ3v) is 6.33. The lowest BCUT2D eigenvalue weighted by Crippen LogP contribution is -2.13. The number of likely N-dealkylation sites (N-methyl/N-ethyl adjacent to an activating group) is 1. The molecule has 0 spiro atoms. The first-order valence-electron chi connectivity index (χ1n) is 11.2. The van der Waals surface area contributed by atoms with Crippen LogP contribution in [0.5, 0.6) is 0 Å². The van der Waals surface area contributed by atoms with Crippen molar-refractivity contribution in [2.24, 2.45) is 0 Å². The van der Waals surface area contributed by atoms with Gasteiger partial charge in [0.15, 0.2) is 0 Å². The summed E-state index contributed by atoms with van der Waals surface area (Å²) in [6.45, 7) is 1.78. The summed E-state index contributed by atoms with van der Waals surface area (Å²) in [5.74, 6) is 0.825.